The van der Waals surface area contributed by atoms with Gasteiger partial charge in [-0.15, -0.1) is 0 Å². The largest absolute Gasteiger partial charge is 0.507 e. The van der Waals surface area contributed by atoms with E-state index in [1.54, 1.807) is 13.0 Å². The van der Waals surface area contributed by atoms with Crippen molar-refractivity contribution in [1.82, 2.24) is 0 Å². The lowest BCUT2D eigenvalue weighted by molar-refractivity contribution is -0.142. The van der Waals surface area contributed by atoms with Gasteiger partial charge in [0.2, 0.25) is 0 Å². The summed E-state index contributed by atoms with van der Waals surface area (Å²) in [4.78, 5) is 11.2. The molecule has 0 atom stereocenters. The summed E-state index contributed by atoms with van der Waals surface area (Å²) in [6, 6.07) is 5.02. The van der Waals surface area contributed by atoms with Gasteiger partial charge in [0.05, 0.1) is 22.2 Å². The average molecular weight is 331 g/mol. The minimum atomic E-state index is -0.369. The number of hydrogen-bond acceptors (Lipinski definition) is 4. The average Bonchev–Trinajstić information content (AvgIpc) is 2.23. The third kappa shape index (κ3) is 3.10. The zero-order chi connectivity index (χ0) is 12.1. The van der Waals surface area contributed by atoms with Crippen LogP contribution in [0.1, 0.15) is 18.1 Å². The van der Waals surface area contributed by atoms with Crippen LogP contribution in [0.2, 0.25) is 0 Å². The van der Waals surface area contributed by atoms with E-state index in [1.165, 1.54) is 6.07 Å². The number of halogens is 1. The van der Waals surface area contributed by atoms with Crippen molar-refractivity contribution in [3.05, 3.63) is 26.8 Å². The highest BCUT2D eigenvalue weighted by molar-refractivity contribution is 14.1. The molecule has 5 heteroatoms. The summed E-state index contributed by atoms with van der Waals surface area (Å²) >= 11 is 1.88. The highest BCUT2D eigenvalue weighted by atomic mass is 127. The van der Waals surface area contributed by atoms with E-state index in [1.807, 2.05) is 28.7 Å². The second kappa shape index (κ2) is 5.70. The Morgan fingerprint density at radius 1 is 1.62 bits per heavy atom. The maximum absolute atomic E-state index is 11.2. The van der Waals surface area contributed by atoms with Crippen LogP contribution in [0.25, 0.3) is 0 Å². The molecular weight excluding hydrogens is 321 g/mol. The van der Waals surface area contributed by atoms with E-state index in [2.05, 4.69) is 0 Å². The number of ether oxygens (including phenoxy) is 1. The number of nitrogens with zero attached hydrogens (tertiary/aromatic N) is 1. The van der Waals surface area contributed by atoms with E-state index in [9.17, 15) is 9.90 Å². The van der Waals surface area contributed by atoms with Crippen molar-refractivity contribution in [1.29, 1.82) is 5.26 Å². The van der Waals surface area contributed by atoms with Crippen molar-refractivity contribution >= 4 is 28.6 Å². The molecule has 0 heterocycles. The second-order valence-corrected chi connectivity index (χ2v) is 4.15. The summed E-state index contributed by atoms with van der Waals surface area (Å²) in [6.45, 7) is 2.05. The van der Waals surface area contributed by atoms with Gasteiger partial charge in [0.25, 0.3) is 0 Å². The van der Waals surface area contributed by atoms with E-state index in [0.717, 1.165) is 0 Å². The van der Waals surface area contributed by atoms with Gasteiger partial charge in [-0.3, -0.25) is 4.79 Å². The van der Waals surface area contributed by atoms with Gasteiger partial charge in [0, 0.05) is 0 Å². The number of carbonyl (C=O) groups excluding carboxylic acids is 1. The lowest BCUT2D eigenvalue weighted by Crippen LogP contribution is -2.07. The number of nitriles is 1. The molecule has 4 nitrogen and oxygen atoms in total. The molecule has 84 valence electrons. The fraction of sp³-hybridized carbons (Fsp3) is 0.273. The molecular formula is C11H10INO3. The van der Waals surface area contributed by atoms with Gasteiger partial charge in [0.1, 0.15) is 11.8 Å². The smallest absolute Gasteiger partial charge is 0.310 e. The molecule has 0 radical (unpaired) electrons. The first-order valence-electron chi connectivity index (χ1n) is 4.65. The summed E-state index contributed by atoms with van der Waals surface area (Å²) < 4.78 is 5.28. The van der Waals surface area contributed by atoms with Crippen LogP contribution in [0.4, 0.5) is 0 Å². The summed E-state index contributed by atoms with van der Waals surface area (Å²) in [6.07, 6.45) is 0.0625. The number of esters is 1. The molecule has 16 heavy (non-hydrogen) atoms. The van der Waals surface area contributed by atoms with Crippen molar-refractivity contribution < 1.29 is 14.6 Å². The molecule has 1 rings (SSSR count). The first kappa shape index (κ1) is 12.8. The first-order chi connectivity index (χ1) is 7.58. The van der Waals surface area contributed by atoms with E-state index < -0.39 is 0 Å². The number of phenolic OH excluding ortho intramolecular Hbond substituents is 1. The van der Waals surface area contributed by atoms with Crippen LogP contribution in [0.3, 0.4) is 0 Å². The molecule has 0 bridgehead atoms. The topological polar surface area (TPSA) is 70.3 Å². The zero-order valence-corrected chi connectivity index (χ0v) is 10.8. The van der Waals surface area contributed by atoms with Crippen LogP contribution in [0.5, 0.6) is 5.75 Å². The Hall–Kier alpha value is -1.29. The molecule has 0 spiro atoms. The van der Waals surface area contributed by atoms with Crippen molar-refractivity contribution in [3.63, 3.8) is 0 Å². The fourth-order valence-electron chi connectivity index (χ4n) is 1.23. The Morgan fingerprint density at radius 3 is 2.88 bits per heavy atom. The molecule has 0 saturated carbocycles. The Morgan fingerprint density at radius 2 is 2.31 bits per heavy atom. The highest BCUT2D eigenvalue weighted by Crippen LogP contribution is 2.25. The Labute approximate surface area is 107 Å². The monoisotopic (exact) mass is 331 g/mol. The third-order valence-electron chi connectivity index (χ3n) is 1.89. The van der Waals surface area contributed by atoms with Crippen LogP contribution in [0, 0.1) is 14.9 Å². The predicted molar refractivity (Wildman–Crippen MR) is 65.9 cm³/mol. The second-order valence-electron chi connectivity index (χ2n) is 3.07. The van der Waals surface area contributed by atoms with Crippen molar-refractivity contribution in [2.24, 2.45) is 0 Å². The normalized spacial score (nSPS) is 9.56. The van der Waals surface area contributed by atoms with Crippen LogP contribution in [-0.2, 0) is 16.0 Å². The molecule has 0 saturated heterocycles. The van der Waals surface area contributed by atoms with Crippen LogP contribution < -0.4 is 0 Å². The van der Waals surface area contributed by atoms with E-state index in [4.69, 9.17) is 10.00 Å². The van der Waals surface area contributed by atoms with Crippen molar-refractivity contribution in [3.8, 4) is 11.8 Å². The van der Waals surface area contributed by atoms with Crippen molar-refractivity contribution in [2.45, 2.75) is 13.3 Å². The minimum Gasteiger partial charge on any atom is -0.507 e. The quantitative estimate of drug-likeness (QED) is 0.679. The maximum atomic E-state index is 11.2. The summed E-state index contributed by atoms with van der Waals surface area (Å²) in [7, 11) is 0. The van der Waals surface area contributed by atoms with Crippen LogP contribution in [0.15, 0.2) is 12.1 Å². The van der Waals surface area contributed by atoms with Crippen LogP contribution >= 0.6 is 22.6 Å². The maximum Gasteiger partial charge on any atom is 0.310 e. The SMILES string of the molecule is CCOC(=O)Cc1cc(O)c(I)c(C#N)c1. The highest BCUT2D eigenvalue weighted by Gasteiger charge is 2.10. The van der Waals surface area contributed by atoms with Gasteiger partial charge >= 0.3 is 5.97 Å². The molecule has 1 aromatic carbocycles. The molecule has 1 aromatic rings. The Balaban J connectivity index is 2.95. The number of hydrogen-bond donors (Lipinski definition) is 1. The van der Waals surface area contributed by atoms with E-state index in [-0.39, 0.29) is 18.1 Å². The molecule has 0 aliphatic rings. The zero-order valence-electron chi connectivity index (χ0n) is 8.66. The number of rotatable bonds is 3. The molecule has 0 amide bonds. The summed E-state index contributed by atoms with van der Waals surface area (Å²) in [5.74, 6) is -0.356. The molecule has 0 aliphatic heterocycles. The van der Waals surface area contributed by atoms with E-state index in [0.29, 0.717) is 21.3 Å². The van der Waals surface area contributed by atoms with Gasteiger partial charge in [-0.1, -0.05) is 0 Å². The molecule has 0 aromatic heterocycles. The molecule has 1 N–H and O–H groups in total. The van der Waals surface area contributed by atoms with Gasteiger partial charge < -0.3 is 9.84 Å². The lowest BCUT2D eigenvalue weighted by Gasteiger charge is -2.05. The molecule has 0 aliphatic carbocycles. The number of phenols is 1. The molecule has 0 unspecified atom stereocenters. The molecule has 0 fully saturated rings. The Bertz CT molecular complexity index is 451. The van der Waals surface area contributed by atoms with E-state index >= 15 is 0 Å². The minimum absolute atomic E-state index is 0.0129. The number of benzene rings is 1. The predicted octanol–water partition coefficient (Wildman–Crippen LogP) is 1.97. The van der Waals surface area contributed by atoms with Gasteiger partial charge in [-0.05, 0) is 47.2 Å². The lowest BCUT2D eigenvalue weighted by atomic mass is 10.1. The Kier molecular flexibility index (Phi) is 4.55. The fourth-order valence-corrected chi connectivity index (χ4v) is 1.66. The number of aromatic hydroxyl groups is 1. The standard InChI is InChI=1S/C11H10INO3/c1-2-16-10(15)5-7-3-8(6-13)11(12)9(14)4-7/h3-4,14H,2,5H2,1H3. The van der Waals surface area contributed by atoms with Crippen LogP contribution in [-0.4, -0.2) is 17.7 Å². The van der Waals surface area contributed by atoms with Gasteiger partial charge in [-0.2, -0.15) is 5.26 Å². The first-order valence-corrected chi connectivity index (χ1v) is 5.73. The third-order valence-corrected chi connectivity index (χ3v) is 3.02. The summed E-state index contributed by atoms with van der Waals surface area (Å²) in [5.41, 5.74) is 0.938. The van der Waals surface area contributed by atoms with Crippen molar-refractivity contribution in [2.75, 3.05) is 6.61 Å². The number of carbonyl (C=O) groups is 1. The van der Waals surface area contributed by atoms with Gasteiger partial charge in [-0.25, -0.2) is 0 Å². The summed E-state index contributed by atoms with van der Waals surface area (Å²) in [5, 5.41) is 18.4. The van der Waals surface area contributed by atoms with Gasteiger partial charge in [0.15, 0.2) is 0 Å².